The molecule has 0 unspecified atom stereocenters. The minimum Gasteiger partial charge on any atom is -0.464 e. The monoisotopic (exact) mass is 311 g/mol. The first kappa shape index (κ1) is 15.3. The van der Waals surface area contributed by atoms with Gasteiger partial charge < -0.3 is 9.73 Å². The van der Waals surface area contributed by atoms with Crippen molar-refractivity contribution in [1.29, 1.82) is 0 Å². The van der Waals surface area contributed by atoms with E-state index in [1.165, 1.54) is 17.7 Å². The van der Waals surface area contributed by atoms with Crippen LogP contribution in [0.25, 0.3) is 11.0 Å². The van der Waals surface area contributed by atoms with E-state index >= 15 is 0 Å². The molecule has 1 N–H and O–H groups in total. The van der Waals surface area contributed by atoms with Crippen LogP contribution in [0.15, 0.2) is 47.1 Å². The van der Waals surface area contributed by atoms with Crippen molar-refractivity contribution in [2.75, 3.05) is 0 Å². The van der Waals surface area contributed by atoms with E-state index in [-0.39, 0.29) is 18.1 Å². The number of carbonyl (C=O) groups is 1. The Hall–Kier alpha value is -2.62. The van der Waals surface area contributed by atoms with Gasteiger partial charge in [0.05, 0.1) is 12.7 Å². The van der Waals surface area contributed by atoms with Crippen LogP contribution in [0.4, 0.5) is 4.39 Å². The summed E-state index contributed by atoms with van der Waals surface area (Å²) in [4.78, 5) is 12.1. The summed E-state index contributed by atoms with van der Waals surface area (Å²) in [6.07, 6.45) is 1.91. The minimum absolute atomic E-state index is 0.0877. The maximum absolute atomic E-state index is 12.8. The van der Waals surface area contributed by atoms with Crippen LogP contribution in [0, 0.1) is 19.7 Å². The highest BCUT2D eigenvalue weighted by Crippen LogP contribution is 2.26. The van der Waals surface area contributed by atoms with E-state index in [2.05, 4.69) is 5.32 Å². The zero-order chi connectivity index (χ0) is 16.4. The molecule has 0 aliphatic rings. The topological polar surface area (TPSA) is 42.2 Å². The number of halogens is 1. The van der Waals surface area contributed by atoms with Gasteiger partial charge in [-0.05, 0) is 42.7 Å². The molecule has 0 aliphatic heterocycles. The fourth-order valence-corrected chi connectivity index (χ4v) is 2.56. The number of hydrogen-bond donors (Lipinski definition) is 1. The highest BCUT2D eigenvalue weighted by atomic mass is 19.1. The quantitative estimate of drug-likeness (QED) is 0.790. The molecule has 1 aromatic heterocycles. The Balaban J connectivity index is 1.68. The summed E-state index contributed by atoms with van der Waals surface area (Å²) in [6.45, 7) is 4.43. The molecule has 0 bridgehead atoms. The lowest BCUT2D eigenvalue weighted by molar-refractivity contribution is -0.120. The normalized spacial score (nSPS) is 10.9. The average molecular weight is 311 g/mol. The lowest BCUT2D eigenvalue weighted by Crippen LogP contribution is -2.24. The number of furan rings is 1. The first-order valence-electron chi connectivity index (χ1n) is 7.52. The number of aryl methyl sites for hydroxylation is 2. The van der Waals surface area contributed by atoms with Crippen LogP contribution in [0.1, 0.15) is 22.3 Å². The predicted octanol–water partition coefficient (Wildman–Crippen LogP) is 4.05. The van der Waals surface area contributed by atoms with Crippen LogP contribution in [0.2, 0.25) is 0 Å². The Kier molecular flexibility index (Phi) is 4.15. The van der Waals surface area contributed by atoms with Crippen molar-refractivity contribution in [3.8, 4) is 0 Å². The molecule has 3 nitrogen and oxygen atoms in total. The van der Waals surface area contributed by atoms with Crippen molar-refractivity contribution in [3.05, 3.63) is 70.7 Å². The summed E-state index contributed by atoms with van der Waals surface area (Å²) in [7, 11) is 0. The SMILES string of the molecule is Cc1ccc2c(CC(=O)NCc3ccc(F)cc3)coc2c1C. The first-order chi connectivity index (χ1) is 11.0. The third-order valence-corrected chi connectivity index (χ3v) is 4.10. The Labute approximate surface area is 134 Å². The molecule has 0 saturated heterocycles. The molecule has 2 aromatic carbocycles. The third kappa shape index (κ3) is 3.26. The van der Waals surface area contributed by atoms with Crippen molar-refractivity contribution >= 4 is 16.9 Å². The number of amides is 1. The van der Waals surface area contributed by atoms with Gasteiger partial charge in [0.15, 0.2) is 0 Å². The van der Waals surface area contributed by atoms with E-state index in [0.717, 1.165) is 27.7 Å². The fourth-order valence-electron chi connectivity index (χ4n) is 2.56. The molecular weight excluding hydrogens is 293 g/mol. The molecule has 3 aromatic rings. The molecule has 0 atom stereocenters. The van der Waals surface area contributed by atoms with Gasteiger partial charge in [-0.3, -0.25) is 4.79 Å². The van der Waals surface area contributed by atoms with Crippen molar-refractivity contribution in [1.82, 2.24) is 5.32 Å². The van der Waals surface area contributed by atoms with E-state index < -0.39 is 0 Å². The van der Waals surface area contributed by atoms with Crippen LogP contribution < -0.4 is 5.32 Å². The lowest BCUT2D eigenvalue weighted by atomic mass is 10.0. The standard InChI is InChI=1S/C19H18FNO2/c1-12-3-8-17-15(11-23-19(17)13(12)2)9-18(22)21-10-14-4-6-16(20)7-5-14/h3-8,11H,9-10H2,1-2H3,(H,21,22). The Morgan fingerprint density at radius 3 is 2.61 bits per heavy atom. The van der Waals surface area contributed by atoms with Gasteiger partial charge in [-0.25, -0.2) is 4.39 Å². The van der Waals surface area contributed by atoms with Crippen molar-refractivity contribution < 1.29 is 13.6 Å². The molecule has 0 radical (unpaired) electrons. The second-order valence-electron chi connectivity index (χ2n) is 5.73. The Bertz CT molecular complexity index is 850. The minimum atomic E-state index is -0.282. The van der Waals surface area contributed by atoms with Crippen LogP contribution >= 0.6 is 0 Å². The second kappa shape index (κ2) is 6.24. The van der Waals surface area contributed by atoms with Gasteiger partial charge in [-0.2, -0.15) is 0 Å². The number of hydrogen-bond acceptors (Lipinski definition) is 2. The maximum atomic E-state index is 12.8. The largest absolute Gasteiger partial charge is 0.464 e. The molecule has 4 heteroatoms. The van der Waals surface area contributed by atoms with E-state index in [1.54, 1.807) is 18.4 Å². The van der Waals surface area contributed by atoms with Crippen LogP contribution in [-0.2, 0) is 17.8 Å². The van der Waals surface area contributed by atoms with E-state index in [0.29, 0.717) is 6.54 Å². The smallest absolute Gasteiger partial charge is 0.224 e. The molecule has 3 rings (SSSR count). The predicted molar refractivity (Wildman–Crippen MR) is 87.6 cm³/mol. The Morgan fingerprint density at radius 2 is 1.87 bits per heavy atom. The molecule has 1 heterocycles. The molecule has 0 fully saturated rings. The zero-order valence-corrected chi connectivity index (χ0v) is 13.2. The number of fused-ring (bicyclic) bond motifs is 1. The Morgan fingerprint density at radius 1 is 1.13 bits per heavy atom. The molecule has 23 heavy (non-hydrogen) atoms. The second-order valence-corrected chi connectivity index (χ2v) is 5.73. The fraction of sp³-hybridized carbons (Fsp3) is 0.211. The van der Waals surface area contributed by atoms with Gasteiger partial charge >= 0.3 is 0 Å². The van der Waals surface area contributed by atoms with Gasteiger partial charge in [0.1, 0.15) is 11.4 Å². The first-order valence-corrected chi connectivity index (χ1v) is 7.52. The van der Waals surface area contributed by atoms with Crippen molar-refractivity contribution in [2.45, 2.75) is 26.8 Å². The molecular formula is C19H18FNO2. The van der Waals surface area contributed by atoms with Crippen LogP contribution in [0.5, 0.6) is 0 Å². The van der Waals surface area contributed by atoms with E-state index in [4.69, 9.17) is 4.42 Å². The van der Waals surface area contributed by atoms with Gasteiger partial charge in [0.25, 0.3) is 0 Å². The highest BCUT2D eigenvalue weighted by Gasteiger charge is 2.12. The van der Waals surface area contributed by atoms with E-state index in [1.807, 2.05) is 26.0 Å². The molecule has 0 saturated carbocycles. The summed E-state index contributed by atoms with van der Waals surface area (Å²) in [5.41, 5.74) is 4.84. The van der Waals surface area contributed by atoms with Crippen molar-refractivity contribution in [3.63, 3.8) is 0 Å². The number of carbonyl (C=O) groups excluding carboxylic acids is 1. The lowest BCUT2D eigenvalue weighted by Gasteiger charge is -2.05. The average Bonchev–Trinajstić information content (AvgIpc) is 2.94. The summed E-state index contributed by atoms with van der Waals surface area (Å²) < 4.78 is 18.5. The third-order valence-electron chi connectivity index (χ3n) is 4.10. The van der Waals surface area contributed by atoms with Gasteiger partial charge in [0, 0.05) is 17.5 Å². The van der Waals surface area contributed by atoms with Gasteiger partial charge in [0.2, 0.25) is 5.91 Å². The van der Waals surface area contributed by atoms with Crippen molar-refractivity contribution in [2.24, 2.45) is 0 Å². The molecule has 118 valence electrons. The molecule has 0 spiro atoms. The van der Waals surface area contributed by atoms with Crippen LogP contribution in [0.3, 0.4) is 0 Å². The molecule has 0 aliphatic carbocycles. The number of nitrogens with one attached hydrogen (secondary N) is 1. The van der Waals surface area contributed by atoms with Gasteiger partial charge in [-0.15, -0.1) is 0 Å². The molecule has 1 amide bonds. The zero-order valence-electron chi connectivity index (χ0n) is 13.2. The summed E-state index contributed by atoms with van der Waals surface area (Å²) >= 11 is 0. The number of benzene rings is 2. The summed E-state index contributed by atoms with van der Waals surface area (Å²) in [6, 6.07) is 10.1. The highest BCUT2D eigenvalue weighted by molar-refractivity contribution is 5.89. The van der Waals surface area contributed by atoms with E-state index in [9.17, 15) is 9.18 Å². The maximum Gasteiger partial charge on any atom is 0.224 e. The van der Waals surface area contributed by atoms with Gasteiger partial charge in [-0.1, -0.05) is 24.3 Å². The van der Waals surface area contributed by atoms with Crippen LogP contribution in [-0.4, -0.2) is 5.91 Å². The summed E-state index contributed by atoms with van der Waals surface area (Å²) in [5, 5.41) is 3.82. The number of rotatable bonds is 4. The summed E-state index contributed by atoms with van der Waals surface area (Å²) in [5.74, 6) is -0.370.